The van der Waals surface area contributed by atoms with Crippen LogP contribution < -0.4 is 9.80 Å². The lowest BCUT2D eigenvalue weighted by Gasteiger charge is -2.34. The van der Waals surface area contributed by atoms with Crippen LogP contribution in [0.1, 0.15) is 134 Å². The smallest absolute Gasteiger partial charge is 0.0859 e. The van der Waals surface area contributed by atoms with E-state index in [0.29, 0.717) is 12.5 Å². The molecule has 1 aliphatic rings. The largest absolute Gasteiger partial charge is 0.335 e. The first-order valence-electron chi connectivity index (χ1n) is 24.3. The van der Waals surface area contributed by atoms with Gasteiger partial charge in [0, 0.05) is 35.0 Å². The van der Waals surface area contributed by atoms with E-state index in [9.17, 15) is 0 Å². The van der Waals surface area contributed by atoms with Gasteiger partial charge in [-0.15, -0.1) is 0 Å². The van der Waals surface area contributed by atoms with Gasteiger partial charge >= 0.3 is 0 Å². The molecule has 352 valence electrons. The van der Waals surface area contributed by atoms with Crippen molar-refractivity contribution in [3.8, 4) is 0 Å². The van der Waals surface area contributed by atoms with E-state index in [4.69, 9.17) is 11.6 Å². The molecular weight excluding hydrogens is 825 g/mol. The van der Waals surface area contributed by atoms with Gasteiger partial charge in [0.05, 0.1) is 17.1 Å². The second-order valence-corrected chi connectivity index (χ2v) is 21.7. The SMILES string of the molecule is C=Nc1ccccc1N(Cc1cc(C(=C)N(C2=C(C)C(C)CC=C2)c2ccc(C(C)(C)C)cc2)cc(C(C)=Nc2ccccc2C)c1)c1ccc(C(C)(C)C)cc1.Cc1ccc(C(C)(C)C)cc1. The van der Waals surface area contributed by atoms with Crippen molar-refractivity contribution in [2.45, 2.75) is 126 Å². The summed E-state index contributed by atoms with van der Waals surface area (Å²) in [4.78, 5) is 14.3. The number of aryl methyl sites for hydroxylation is 2. The third-order valence-corrected chi connectivity index (χ3v) is 13.2. The van der Waals surface area contributed by atoms with Gasteiger partial charge in [0.25, 0.3) is 0 Å². The zero-order valence-electron chi connectivity index (χ0n) is 43.6. The quantitative estimate of drug-likeness (QED) is 0.121. The summed E-state index contributed by atoms with van der Waals surface area (Å²) in [5, 5.41) is 0. The van der Waals surface area contributed by atoms with Gasteiger partial charge in [-0.2, -0.15) is 0 Å². The monoisotopic (exact) mass is 901 g/mol. The van der Waals surface area contributed by atoms with Gasteiger partial charge in [0.2, 0.25) is 0 Å². The molecule has 1 unspecified atom stereocenters. The molecule has 4 heteroatoms. The normalized spacial score (nSPS) is 14.3. The van der Waals surface area contributed by atoms with Gasteiger partial charge < -0.3 is 9.80 Å². The van der Waals surface area contributed by atoms with Gasteiger partial charge in [-0.05, 0) is 174 Å². The van der Waals surface area contributed by atoms with E-state index >= 15 is 0 Å². The molecule has 1 aliphatic carbocycles. The molecule has 6 aromatic rings. The van der Waals surface area contributed by atoms with Crippen molar-refractivity contribution in [3.05, 3.63) is 214 Å². The number of allylic oxidation sites excluding steroid dienone is 3. The van der Waals surface area contributed by atoms with E-state index in [1.807, 2.05) is 18.2 Å². The molecule has 0 fully saturated rings. The fourth-order valence-corrected chi connectivity index (χ4v) is 8.49. The summed E-state index contributed by atoms with van der Waals surface area (Å²) in [5.74, 6) is 0.427. The van der Waals surface area contributed by atoms with E-state index in [1.54, 1.807) is 0 Å². The van der Waals surface area contributed by atoms with Gasteiger partial charge in [-0.25, -0.2) is 0 Å². The number of benzene rings is 6. The summed E-state index contributed by atoms with van der Waals surface area (Å²) in [6.07, 6.45) is 5.60. The Bertz CT molecular complexity index is 2800. The Kier molecular flexibility index (Phi) is 15.9. The highest BCUT2D eigenvalue weighted by Crippen LogP contribution is 2.40. The molecule has 1 atom stereocenters. The summed E-state index contributed by atoms with van der Waals surface area (Å²) in [7, 11) is 0. The number of para-hydroxylation sites is 3. The fourth-order valence-electron chi connectivity index (χ4n) is 8.49. The molecule has 7 rings (SSSR count). The molecule has 0 heterocycles. The Balaban J connectivity index is 0.000000608. The molecule has 0 saturated carbocycles. The van der Waals surface area contributed by atoms with Crippen LogP contribution in [0.25, 0.3) is 5.70 Å². The highest BCUT2D eigenvalue weighted by molar-refractivity contribution is 6.01. The fraction of sp³-hybridized carbons (Fsp3) is 0.312. The summed E-state index contributed by atoms with van der Waals surface area (Å²) < 4.78 is 0. The van der Waals surface area contributed by atoms with Crippen molar-refractivity contribution in [1.82, 2.24) is 0 Å². The van der Waals surface area contributed by atoms with Crippen LogP contribution >= 0.6 is 0 Å². The topological polar surface area (TPSA) is 31.2 Å². The molecule has 0 N–H and O–H groups in total. The van der Waals surface area contributed by atoms with Crippen LogP contribution in [0.2, 0.25) is 0 Å². The van der Waals surface area contributed by atoms with Crippen molar-refractivity contribution < 1.29 is 0 Å². The summed E-state index contributed by atoms with van der Waals surface area (Å²) in [6.45, 7) is 40.6. The molecular formula is C64H76N4. The minimum absolute atomic E-state index is 0.0412. The summed E-state index contributed by atoms with van der Waals surface area (Å²) in [5.41, 5.74) is 19.4. The van der Waals surface area contributed by atoms with Crippen molar-refractivity contribution >= 4 is 46.6 Å². The number of anilines is 3. The first-order valence-corrected chi connectivity index (χ1v) is 24.3. The molecule has 0 saturated heterocycles. The van der Waals surface area contributed by atoms with Crippen LogP contribution in [0.3, 0.4) is 0 Å². The molecule has 0 radical (unpaired) electrons. The highest BCUT2D eigenvalue weighted by Gasteiger charge is 2.25. The lowest BCUT2D eigenvalue weighted by Crippen LogP contribution is -2.24. The van der Waals surface area contributed by atoms with Gasteiger partial charge in [-0.3, -0.25) is 9.98 Å². The first kappa shape index (κ1) is 50.9. The second kappa shape index (κ2) is 21.2. The van der Waals surface area contributed by atoms with E-state index in [0.717, 1.165) is 68.5 Å². The number of nitrogens with zero attached hydrogens (tertiary/aromatic N) is 4. The van der Waals surface area contributed by atoms with Crippen LogP contribution in [0.5, 0.6) is 0 Å². The Morgan fingerprint density at radius 2 is 1.12 bits per heavy atom. The molecule has 4 nitrogen and oxygen atoms in total. The lowest BCUT2D eigenvalue weighted by atomic mass is 9.87. The van der Waals surface area contributed by atoms with E-state index in [1.165, 1.54) is 33.5 Å². The van der Waals surface area contributed by atoms with Crippen molar-refractivity contribution in [2.24, 2.45) is 15.9 Å². The van der Waals surface area contributed by atoms with Gasteiger partial charge in [0.1, 0.15) is 0 Å². The van der Waals surface area contributed by atoms with Crippen LogP contribution in [0.15, 0.2) is 180 Å². The van der Waals surface area contributed by atoms with E-state index in [-0.39, 0.29) is 16.2 Å². The third-order valence-electron chi connectivity index (χ3n) is 13.2. The average Bonchev–Trinajstić information content (AvgIpc) is 3.30. The molecule has 68 heavy (non-hydrogen) atoms. The zero-order valence-corrected chi connectivity index (χ0v) is 43.6. The Labute approximate surface area is 410 Å². The minimum Gasteiger partial charge on any atom is -0.335 e. The summed E-state index contributed by atoms with van der Waals surface area (Å²) in [6, 6.07) is 50.1. The van der Waals surface area contributed by atoms with Crippen molar-refractivity contribution in [2.75, 3.05) is 9.80 Å². The molecule has 0 bridgehead atoms. The van der Waals surface area contributed by atoms with Crippen LogP contribution in [0.4, 0.5) is 28.4 Å². The lowest BCUT2D eigenvalue weighted by molar-refractivity contribution is 0.590. The molecule has 0 aliphatic heterocycles. The Morgan fingerprint density at radius 1 is 0.618 bits per heavy atom. The third kappa shape index (κ3) is 12.5. The minimum atomic E-state index is 0.0412. The van der Waals surface area contributed by atoms with Crippen LogP contribution in [-0.2, 0) is 22.8 Å². The molecule has 0 amide bonds. The van der Waals surface area contributed by atoms with Crippen molar-refractivity contribution in [3.63, 3.8) is 0 Å². The average molecular weight is 901 g/mol. The highest BCUT2D eigenvalue weighted by atomic mass is 15.2. The predicted molar refractivity (Wildman–Crippen MR) is 298 cm³/mol. The molecule has 0 aromatic heterocycles. The van der Waals surface area contributed by atoms with Crippen molar-refractivity contribution in [1.29, 1.82) is 0 Å². The maximum absolute atomic E-state index is 5.19. The number of aliphatic imine (C=N–C) groups is 2. The predicted octanol–water partition coefficient (Wildman–Crippen LogP) is 18.0. The van der Waals surface area contributed by atoms with Crippen LogP contribution in [-0.4, -0.2) is 12.4 Å². The Hall–Kier alpha value is -6.52. The van der Waals surface area contributed by atoms with E-state index in [2.05, 4.69) is 252 Å². The second-order valence-electron chi connectivity index (χ2n) is 21.7. The molecule has 0 spiro atoms. The van der Waals surface area contributed by atoms with Gasteiger partial charge in [-0.1, -0.05) is 166 Å². The number of hydrogen-bond donors (Lipinski definition) is 0. The Morgan fingerprint density at radius 3 is 1.66 bits per heavy atom. The first-order chi connectivity index (χ1) is 32.0. The standard InChI is InChI=1S/C53H60N4.C11H16/c1-36-19-17-23-50(38(36)3)57(47-30-26-45(27-31-47)53(9,10)11)40(5)43-33-41(32-42(34-43)39(4)55-48-20-14-13-18-37(48)2)35-56(51-22-16-15-21-49(51)54-12)46-28-24-44(25-29-46)52(6,7)8;1-9-5-7-10(8-6-9)11(2,3)4/h13-18,20-34,36H,5,12,19,35H2,1-4,6-11H3;5-8H,1-4H3. The zero-order chi connectivity index (χ0) is 49.6. The van der Waals surface area contributed by atoms with Crippen LogP contribution in [0, 0.1) is 19.8 Å². The maximum Gasteiger partial charge on any atom is 0.0859 e. The summed E-state index contributed by atoms with van der Waals surface area (Å²) >= 11 is 0. The number of rotatable bonds is 11. The number of hydrogen-bond acceptors (Lipinski definition) is 4. The maximum atomic E-state index is 5.19. The molecule has 6 aromatic carbocycles. The van der Waals surface area contributed by atoms with E-state index < -0.39 is 0 Å². The van der Waals surface area contributed by atoms with Gasteiger partial charge in [0.15, 0.2) is 0 Å².